The van der Waals surface area contributed by atoms with Crippen LogP contribution < -0.4 is 5.73 Å². The lowest BCUT2D eigenvalue weighted by molar-refractivity contribution is 0.0596. The monoisotopic (exact) mass is 229 g/mol. The van der Waals surface area contributed by atoms with Gasteiger partial charge in [0.15, 0.2) is 0 Å². The summed E-state index contributed by atoms with van der Waals surface area (Å²) in [4.78, 5) is 4.89. The highest BCUT2D eigenvalue weighted by Crippen LogP contribution is 2.12. The average molecular weight is 229 g/mol. The van der Waals surface area contributed by atoms with Gasteiger partial charge < -0.3 is 10.8 Å². The maximum Gasteiger partial charge on any atom is 0.0639 e. The number of hydrogen-bond acceptors (Lipinski definition) is 4. The molecular formula is C12H27N3O. The second kappa shape index (κ2) is 7.22. The molecule has 1 rings (SSSR count). The van der Waals surface area contributed by atoms with E-state index >= 15 is 0 Å². The highest BCUT2D eigenvalue weighted by Gasteiger charge is 2.22. The molecule has 0 spiro atoms. The van der Waals surface area contributed by atoms with E-state index < -0.39 is 0 Å². The van der Waals surface area contributed by atoms with E-state index in [-0.39, 0.29) is 6.10 Å². The van der Waals surface area contributed by atoms with Gasteiger partial charge in [0.1, 0.15) is 0 Å². The van der Waals surface area contributed by atoms with Gasteiger partial charge in [-0.3, -0.25) is 9.80 Å². The fraction of sp³-hybridized carbons (Fsp3) is 1.00. The summed E-state index contributed by atoms with van der Waals surface area (Å²) in [6.45, 7) is 10.1. The van der Waals surface area contributed by atoms with Gasteiger partial charge in [0.2, 0.25) is 0 Å². The maximum atomic E-state index is 9.34. The van der Waals surface area contributed by atoms with Crippen molar-refractivity contribution in [3.05, 3.63) is 0 Å². The molecule has 0 aromatic rings. The lowest BCUT2D eigenvalue weighted by Gasteiger charge is -2.39. The fourth-order valence-corrected chi connectivity index (χ4v) is 2.52. The zero-order chi connectivity index (χ0) is 12.0. The largest absolute Gasteiger partial charge is 0.392 e. The van der Waals surface area contributed by atoms with Crippen LogP contribution in [0.4, 0.5) is 0 Å². The smallest absolute Gasteiger partial charge is 0.0639 e. The molecule has 0 amide bonds. The Bertz CT molecular complexity index is 179. The van der Waals surface area contributed by atoms with Gasteiger partial charge in [-0.1, -0.05) is 6.92 Å². The molecule has 1 aliphatic rings. The van der Waals surface area contributed by atoms with Crippen LogP contribution in [0.1, 0.15) is 26.7 Å². The molecule has 1 saturated heterocycles. The summed E-state index contributed by atoms with van der Waals surface area (Å²) < 4.78 is 0. The summed E-state index contributed by atoms with van der Waals surface area (Å²) in [5, 5.41) is 9.34. The Balaban J connectivity index is 2.29. The first kappa shape index (κ1) is 13.9. The molecule has 0 aromatic heterocycles. The summed E-state index contributed by atoms with van der Waals surface area (Å²) in [5.74, 6) is 0. The van der Waals surface area contributed by atoms with E-state index in [1.165, 1.54) is 6.42 Å². The van der Waals surface area contributed by atoms with Gasteiger partial charge in [-0.25, -0.2) is 0 Å². The van der Waals surface area contributed by atoms with Gasteiger partial charge in [-0.05, 0) is 26.3 Å². The van der Waals surface area contributed by atoms with E-state index in [0.29, 0.717) is 6.04 Å². The molecule has 0 aromatic carbocycles. The summed E-state index contributed by atoms with van der Waals surface area (Å²) in [5.41, 5.74) is 5.63. The number of nitrogens with zero attached hydrogens (tertiary/aromatic N) is 2. The number of piperazine rings is 1. The summed E-state index contributed by atoms with van der Waals surface area (Å²) in [6, 6.07) is 0.652. The Morgan fingerprint density at radius 1 is 1.25 bits per heavy atom. The molecule has 0 saturated carbocycles. The van der Waals surface area contributed by atoms with Crippen LogP contribution in [0.25, 0.3) is 0 Å². The van der Waals surface area contributed by atoms with Gasteiger partial charge in [0.25, 0.3) is 0 Å². The number of nitrogens with two attached hydrogens (primary N) is 1. The molecule has 96 valence electrons. The standard InChI is InChI=1S/C12H27N3O/c1-3-12(4-5-13)15-8-6-14(7-9-15)10-11(2)16/h11-12,16H,3-10,13H2,1-2H3. The molecule has 1 fully saturated rings. The van der Waals surface area contributed by atoms with E-state index in [0.717, 1.165) is 45.7 Å². The van der Waals surface area contributed by atoms with E-state index in [9.17, 15) is 5.11 Å². The van der Waals surface area contributed by atoms with Crippen LogP contribution in [-0.2, 0) is 0 Å². The minimum absolute atomic E-state index is 0.211. The Labute approximate surface area is 99.4 Å². The second-order valence-electron chi connectivity index (χ2n) is 4.83. The Kier molecular flexibility index (Phi) is 6.28. The maximum absolute atomic E-state index is 9.34. The van der Waals surface area contributed by atoms with Crippen molar-refractivity contribution < 1.29 is 5.11 Å². The van der Waals surface area contributed by atoms with Crippen LogP contribution in [0.3, 0.4) is 0 Å². The zero-order valence-corrected chi connectivity index (χ0v) is 10.7. The summed E-state index contributed by atoms with van der Waals surface area (Å²) in [6.07, 6.45) is 2.08. The topological polar surface area (TPSA) is 52.7 Å². The lowest BCUT2D eigenvalue weighted by atomic mass is 10.1. The van der Waals surface area contributed by atoms with Crippen LogP contribution in [0, 0.1) is 0 Å². The van der Waals surface area contributed by atoms with Crippen molar-refractivity contribution in [3.8, 4) is 0 Å². The first-order chi connectivity index (χ1) is 7.67. The normalized spacial score (nSPS) is 23.2. The van der Waals surface area contributed by atoms with Crippen molar-refractivity contribution in [2.24, 2.45) is 5.73 Å². The zero-order valence-electron chi connectivity index (χ0n) is 10.7. The van der Waals surface area contributed by atoms with Crippen molar-refractivity contribution in [1.82, 2.24) is 9.80 Å². The molecule has 4 heteroatoms. The van der Waals surface area contributed by atoms with Crippen LogP contribution in [-0.4, -0.2) is 66.3 Å². The molecule has 2 unspecified atom stereocenters. The molecular weight excluding hydrogens is 202 g/mol. The second-order valence-corrected chi connectivity index (χ2v) is 4.83. The van der Waals surface area contributed by atoms with Crippen molar-refractivity contribution in [2.45, 2.75) is 38.8 Å². The van der Waals surface area contributed by atoms with E-state index in [4.69, 9.17) is 5.73 Å². The van der Waals surface area contributed by atoms with Crippen molar-refractivity contribution in [2.75, 3.05) is 39.3 Å². The molecule has 1 aliphatic heterocycles. The Hall–Kier alpha value is -0.160. The molecule has 0 bridgehead atoms. The fourth-order valence-electron chi connectivity index (χ4n) is 2.52. The molecule has 3 N–H and O–H groups in total. The van der Waals surface area contributed by atoms with Crippen molar-refractivity contribution >= 4 is 0 Å². The average Bonchev–Trinajstić information content (AvgIpc) is 2.26. The third kappa shape index (κ3) is 4.37. The first-order valence-corrected chi connectivity index (χ1v) is 6.51. The Morgan fingerprint density at radius 3 is 2.31 bits per heavy atom. The van der Waals surface area contributed by atoms with Crippen LogP contribution in [0.5, 0.6) is 0 Å². The van der Waals surface area contributed by atoms with Gasteiger partial charge in [-0.15, -0.1) is 0 Å². The number of rotatable bonds is 6. The highest BCUT2D eigenvalue weighted by atomic mass is 16.3. The molecule has 1 heterocycles. The summed E-state index contributed by atoms with van der Waals surface area (Å²) in [7, 11) is 0. The van der Waals surface area contributed by atoms with E-state index in [1.54, 1.807) is 0 Å². The molecule has 4 nitrogen and oxygen atoms in total. The minimum atomic E-state index is -0.211. The predicted molar refractivity (Wildman–Crippen MR) is 67.4 cm³/mol. The summed E-state index contributed by atoms with van der Waals surface area (Å²) >= 11 is 0. The van der Waals surface area contributed by atoms with Crippen LogP contribution in [0.2, 0.25) is 0 Å². The number of aliphatic hydroxyl groups excluding tert-OH is 1. The third-order valence-electron chi connectivity index (χ3n) is 3.42. The quantitative estimate of drug-likeness (QED) is 0.679. The van der Waals surface area contributed by atoms with Crippen molar-refractivity contribution in [1.29, 1.82) is 0 Å². The van der Waals surface area contributed by atoms with E-state index in [2.05, 4.69) is 16.7 Å². The van der Waals surface area contributed by atoms with Crippen molar-refractivity contribution in [3.63, 3.8) is 0 Å². The predicted octanol–water partition coefficient (Wildman–Crippen LogP) is 0.112. The lowest BCUT2D eigenvalue weighted by Crippen LogP contribution is -2.51. The Morgan fingerprint density at radius 2 is 1.88 bits per heavy atom. The molecule has 2 atom stereocenters. The van der Waals surface area contributed by atoms with Crippen LogP contribution >= 0.6 is 0 Å². The number of hydrogen-bond donors (Lipinski definition) is 2. The van der Waals surface area contributed by atoms with Gasteiger partial charge in [0.05, 0.1) is 6.10 Å². The van der Waals surface area contributed by atoms with E-state index in [1.807, 2.05) is 6.92 Å². The first-order valence-electron chi connectivity index (χ1n) is 6.51. The highest BCUT2D eigenvalue weighted by molar-refractivity contribution is 4.78. The number of aliphatic hydroxyl groups is 1. The minimum Gasteiger partial charge on any atom is -0.392 e. The molecule has 16 heavy (non-hydrogen) atoms. The van der Waals surface area contributed by atoms with Crippen LogP contribution in [0.15, 0.2) is 0 Å². The van der Waals surface area contributed by atoms with Gasteiger partial charge >= 0.3 is 0 Å². The van der Waals surface area contributed by atoms with Gasteiger partial charge in [0, 0.05) is 38.8 Å². The third-order valence-corrected chi connectivity index (χ3v) is 3.42. The molecule has 0 radical (unpaired) electrons. The van der Waals surface area contributed by atoms with Gasteiger partial charge in [-0.2, -0.15) is 0 Å². The number of β-amino-alcohol motifs (C(OH)–C–C–N with tert-alkyl or cyclic N) is 1. The SMILES string of the molecule is CCC(CCN)N1CCN(CC(C)O)CC1. The molecule has 0 aliphatic carbocycles.